The van der Waals surface area contributed by atoms with Gasteiger partial charge in [-0.05, 0) is 49.7 Å². The van der Waals surface area contributed by atoms with Crippen molar-refractivity contribution in [1.82, 2.24) is 19.9 Å². The zero-order valence-electron chi connectivity index (χ0n) is 15.2. The maximum absolute atomic E-state index is 12.5. The Morgan fingerprint density at radius 3 is 2.93 bits per heavy atom. The summed E-state index contributed by atoms with van der Waals surface area (Å²) in [4.78, 5) is 27.3. The first-order valence-corrected chi connectivity index (χ1v) is 10.6. The molecule has 0 aliphatic carbocycles. The van der Waals surface area contributed by atoms with Gasteiger partial charge in [0, 0.05) is 5.02 Å². The van der Waals surface area contributed by atoms with Crippen LogP contribution in [-0.2, 0) is 6.54 Å². The van der Waals surface area contributed by atoms with Crippen LogP contribution in [0.25, 0.3) is 21.1 Å². The van der Waals surface area contributed by atoms with Crippen LogP contribution in [0.1, 0.15) is 36.1 Å². The molecule has 2 aromatic heterocycles. The van der Waals surface area contributed by atoms with Crippen LogP contribution in [0.3, 0.4) is 0 Å². The number of nitrogens with zero attached hydrogens (tertiary/aromatic N) is 3. The highest BCUT2D eigenvalue weighted by Gasteiger charge is 2.27. The van der Waals surface area contributed by atoms with Gasteiger partial charge in [0.2, 0.25) is 0 Å². The predicted octanol–water partition coefficient (Wildman–Crippen LogP) is 4.91. The monoisotopic (exact) mass is 410 g/mol. The molecular formula is C21H19ClN4OS. The molecule has 0 saturated carbocycles. The molecule has 0 spiro atoms. The summed E-state index contributed by atoms with van der Waals surface area (Å²) < 4.78 is 1.22. The topological polar surface area (TPSA) is 61.9 Å². The third-order valence-corrected chi connectivity index (χ3v) is 6.65. The first kappa shape index (κ1) is 17.8. The SMILES string of the molecule is O=c1[nH]c(CN2CCCC[C@H]2c2nc3ccccc3s2)nc2cc(Cl)ccc12. The summed E-state index contributed by atoms with van der Waals surface area (Å²) in [6, 6.07) is 13.7. The van der Waals surface area contributed by atoms with E-state index in [1.54, 1.807) is 29.5 Å². The number of H-pyrrole nitrogens is 1. The molecule has 28 heavy (non-hydrogen) atoms. The molecule has 2 aromatic carbocycles. The van der Waals surface area contributed by atoms with Crippen LogP contribution in [0, 0.1) is 0 Å². The van der Waals surface area contributed by atoms with E-state index in [2.05, 4.69) is 33.1 Å². The van der Waals surface area contributed by atoms with E-state index >= 15 is 0 Å². The van der Waals surface area contributed by atoms with Gasteiger partial charge >= 0.3 is 0 Å². The van der Waals surface area contributed by atoms with Gasteiger partial charge in [0.1, 0.15) is 10.8 Å². The van der Waals surface area contributed by atoms with Crippen molar-refractivity contribution in [1.29, 1.82) is 0 Å². The molecule has 0 amide bonds. The van der Waals surface area contributed by atoms with Crippen molar-refractivity contribution in [3.63, 3.8) is 0 Å². The molecule has 1 saturated heterocycles. The van der Waals surface area contributed by atoms with Crippen molar-refractivity contribution in [3.05, 3.63) is 68.7 Å². The molecule has 5 nitrogen and oxygen atoms in total. The summed E-state index contributed by atoms with van der Waals surface area (Å²) >= 11 is 7.85. The Morgan fingerprint density at radius 1 is 1.14 bits per heavy atom. The van der Waals surface area contributed by atoms with E-state index in [-0.39, 0.29) is 11.6 Å². The van der Waals surface area contributed by atoms with Crippen LogP contribution in [0.2, 0.25) is 5.02 Å². The number of halogens is 1. The number of aromatic amines is 1. The maximum atomic E-state index is 12.5. The molecule has 1 atom stereocenters. The normalized spacial score (nSPS) is 18.1. The number of benzene rings is 2. The van der Waals surface area contributed by atoms with Gasteiger partial charge in [-0.1, -0.05) is 30.2 Å². The van der Waals surface area contributed by atoms with Crippen molar-refractivity contribution in [2.75, 3.05) is 6.54 Å². The molecule has 0 bridgehead atoms. The first-order chi connectivity index (χ1) is 13.7. The summed E-state index contributed by atoms with van der Waals surface area (Å²) in [7, 11) is 0. The summed E-state index contributed by atoms with van der Waals surface area (Å²) in [5.41, 5.74) is 1.57. The molecule has 1 aliphatic heterocycles. The number of piperidine rings is 1. The van der Waals surface area contributed by atoms with E-state index in [0.29, 0.717) is 28.3 Å². The summed E-state index contributed by atoms with van der Waals surface area (Å²) in [5.74, 6) is 0.674. The first-order valence-electron chi connectivity index (χ1n) is 9.45. The molecule has 7 heteroatoms. The van der Waals surface area contributed by atoms with Crippen molar-refractivity contribution in [2.45, 2.75) is 31.8 Å². The molecule has 3 heterocycles. The second-order valence-corrected chi connectivity index (χ2v) is 8.67. The number of nitrogens with one attached hydrogen (secondary N) is 1. The summed E-state index contributed by atoms with van der Waals surface area (Å²) in [6.45, 7) is 1.57. The average molecular weight is 411 g/mol. The smallest absolute Gasteiger partial charge is 0.258 e. The molecule has 1 N–H and O–H groups in total. The number of thiazole rings is 1. The Bertz CT molecular complexity index is 1180. The minimum absolute atomic E-state index is 0.120. The van der Waals surface area contributed by atoms with Crippen LogP contribution in [0.15, 0.2) is 47.3 Å². The zero-order valence-corrected chi connectivity index (χ0v) is 16.8. The summed E-state index contributed by atoms with van der Waals surface area (Å²) in [5, 5.41) is 2.29. The van der Waals surface area contributed by atoms with Crippen LogP contribution in [-0.4, -0.2) is 26.4 Å². The predicted molar refractivity (Wildman–Crippen MR) is 114 cm³/mol. The van der Waals surface area contributed by atoms with Gasteiger partial charge in [-0.15, -0.1) is 11.3 Å². The molecule has 0 radical (unpaired) electrons. The summed E-state index contributed by atoms with van der Waals surface area (Å²) in [6.07, 6.45) is 3.41. The zero-order chi connectivity index (χ0) is 19.1. The third kappa shape index (κ3) is 3.32. The highest BCUT2D eigenvalue weighted by molar-refractivity contribution is 7.18. The highest BCUT2D eigenvalue weighted by Crippen LogP contribution is 2.36. The van der Waals surface area contributed by atoms with Gasteiger partial charge in [-0.2, -0.15) is 0 Å². The number of hydrogen-bond acceptors (Lipinski definition) is 5. The fourth-order valence-electron chi connectivity index (χ4n) is 3.92. The van der Waals surface area contributed by atoms with Crippen molar-refractivity contribution < 1.29 is 0 Å². The van der Waals surface area contributed by atoms with Gasteiger partial charge in [0.05, 0.1) is 33.7 Å². The number of para-hydroxylation sites is 1. The Kier molecular flexibility index (Phi) is 4.62. The van der Waals surface area contributed by atoms with Gasteiger partial charge in [-0.3, -0.25) is 9.69 Å². The number of rotatable bonds is 3. The van der Waals surface area contributed by atoms with Crippen LogP contribution in [0.4, 0.5) is 0 Å². The molecule has 4 aromatic rings. The van der Waals surface area contributed by atoms with Gasteiger partial charge in [-0.25, -0.2) is 9.97 Å². The molecule has 0 unspecified atom stereocenters. The van der Waals surface area contributed by atoms with Crippen molar-refractivity contribution in [2.24, 2.45) is 0 Å². The molecule has 1 fully saturated rings. The molecular weight excluding hydrogens is 392 g/mol. The van der Waals surface area contributed by atoms with Gasteiger partial charge in [0.15, 0.2) is 0 Å². The fraction of sp³-hybridized carbons (Fsp3) is 0.286. The number of aromatic nitrogens is 3. The Morgan fingerprint density at radius 2 is 2.04 bits per heavy atom. The Labute approximate surface area is 171 Å². The van der Waals surface area contributed by atoms with Gasteiger partial charge < -0.3 is 4.98 Å². The lowest BCUT2D eigenvalue weighted by atomic mass is 10.0. The van der Waals surface area contributed by atoms with Gasteiger partial charge in [0.25, 0.3) is 5.56 Å². The number of likely N-dealkylation sites (tertiary alicyclic amines) is 1. The molecule has 1 aliphatic rings. The lowest BCUT2D eigenvalue weighted by Gasteiger charge is -2.34. The van der Waals surface area contributed by atoms with Crippen LogP contribution in [0.5, 0.6) is 0 Å². The van der Waals surface area contributed by atoms with E-state index < -0.39 is 0 Å². The molecule has 142 valence electrons. The second-order valence-electron chi connectivity index (χ2n) is 7.18. The quantitative estimate of drug-likeness (QED) is 0.521. The van der Waals surface area contributed by atoms with Crippen LogP contribution < -0.4 is 5.56 Å². The standard InChI is InChI=1S/C21H19ClN4OS/c22-13-8-9-14-16(11-13)23-19(25-20(14)27)12-26-10-4-3-6-17(26)21-24-15-5-1-2-7-18(15)28-21/h1-2,5,7-9,11,17H,3-4,6,10,12H2,(H,23,25,27)/t17-/m0/s1. The highest BCUT2D eigenvalue weighted by atomic mass is 35.5. The minimum atomic E-state index is -0.120. The molecule has 5 rings (SSSR count). The van der Waals surface area contributed by atoms with E-state index in [9.17, 15) is 4.79 Å². The number of fused-ring (bicyclic) bond motifs is 2. The lowest BCUT2D eigenvalue weighted by Crippen LogP contribution is -2.34. The third-order valence-electron chi connectivity index (χ3n) is 5.28. The second kappa shape index (κ2) is 7.28. The minimum Gasteiger partial charge on any atom is -0.309 e. The van der Waals surface area contributed by atoms with E-state index in [4.69, 9.17) is 16.6 Å². The van der Waals surface area contributed by atoms with E-state index in [1.165, 1.54) is 11.1 Å². The Hall–Kier alpha value is -2.28. The van der Waals surface area contributed by atoms with E-state index in [1.807, 2.05) is 6.07 Å². The average Bonchev–Trinajstić information content (AvgIpc) is 3.12. The largest absolute Gasteiger partial charge is 0.309 e. The van der Waals surface area contributed by atoms with Crippen LogP contribution >= 0.6 is 22.9 Å². The lowest BCUT2D eigenvalue weighted by molar-refractivity contribution is 0.137. The Balaban J connectivity index is 1.48. The van der Waals surface area contributed by atoms with Crippen molar-refractivity contribution >= 4 is 44.1 Å². The fourth-order valence-corrected chi connectivity index (χ4v) is 5.22. The maximum Gasteiger partial charge on any atom is 0.258 e. The van der Waals surface area contributed by atoms with E-state index in [0.717, 1.165) is 29.9 Å². The van der Waals surface area contributed by atoms with Crippen molar-refractivity contribution in [3.8, 4) is 0 Å². The number of hydrogen-bond donors (Lipinski definition) is 1.